The molecule has 0 radical (unpaired) electrons. The first kappa shape index (κ1) is 15.9. The molecule has 7 heteroatoms. The van der Waals surface area contributed by atoms with Gasteiger partial charge >= 0.3 is 5.69 Å². The Morgan fingerprint density at radius 1 is 1.14 bits per heavy atom. The van der Waals surface area contributed by atoms with Gasteiger partial charge in [-0.25, -0.2) is 4.79 Å². The number of rotatable bonds is 4. The van der Waals surface area contributed by atoms with E-state index in [0.29, 0.717) is 4.57 Å². The smallest absolute Gasteiger partial charge is 0.338 e. The molecule has 0 aliphatic rings. The minimum atomic E-state index is -0.915. The molecule has 0 aliphatic carbocycles. The van der Waals surface area contributed by atoms with Gasteiger partial charge in [-0.1, -0.05) is 18.2 Å². The molecule has 0 atom stereocenters. The van der Waals surface area contributed by atoms with Gasteiger partial charge < -0.3 is 10.2 Å². The Morgan fingerprint density at radius 2 is 1.73 bits per heavy atom. The minimum Gasteiger partial charge on any atom is -0.394 e. The first-order valence-corrected chi connectivity index (χ1v) is 6.67. The van der Waals surface area contributed by atoms with Crippen LogP contribution in [0.1, 0.15) is 22.0 Å². The van der Waals surface area contributed by atoms with Gasteiger partial charge in [-0.05, 0) is 19.1 Å². The van der Waals surface area contributed by atoms with Crippen LogP contribution in [0.15, 0.2) is 46.1 Å². The molecule has 0 saturated heterocycles. The number of benzene rings is 1. The standard InChI is InChI=1S/C15H16N2O5/c1-10-7-16(12(8-18)9-19)15(22)17(13(10)20)14(21)11-5-3-2-4-6-11/h2-7,12,18-19H,8-9H2,1H3. The Morgan fingerprint density at radius 3 is 2.27 bits per heavy atom. The molecule has 0 fully saturated rings. The van der Waals surface area contributed by atoms with Crippen LogP contribution in [0.4, 0.5) is 0 Å². The summed E-state index contributed by atoms with van der Waals surface area (Å²) in [7, 11) is 0. The third-order valence-corrected chi connectivity index (χ3v) is 3.32. The monoisotopic (exact) mass is 304 g/mol. The van der Waals surface area contributed by atoms with Crippen LogP contribution >= 0.6 is 0 Å². The molecule has 2 N–H and O–H groups in total. The van der Waals surface area contributed by atoms with Crippen molar-refractivity contribution in [2.45, 2.75) is 13.0 Å². The van der Waals surface area contributed by atoms with Crippen molar-refractivity contribution < 1.29 is 15.0 Å². The molecule has 0 spiro atoms. The zero-order valence-electron chi connectivity index (χ0n) is 12.0. The topological polar surface area (TPSA) is 102 Å². The molecule has 0 aliphatic heterocycles. The summed E-state index contributed by atoms with van der Waals surface area (Å²) in [5.74, 6) is -0.748. The lowest BCUT2D eigenvalue weighted by molar-refractivity contribution is 0.0940. The molecule has 7 nitrogen and oxygen atoms in total. The fourth-order valence-electron chi connectivity index (χ4n) is 2.08. The van der Waals surface area contributed by atoms with Crippen LogP contribution in [-0.4, -0.2) is 38.5 Å². The summed E-state index contributed by atoms with van der Waals surface area (Å²) in [5, 5.41) is 18.4. The number of aliphatic hydroxyl groups is 2. The van der Waals surface area contributed by atoms with Crippen molar-refractivity contribution in [3.8, 4) is 0 Å². The zero-order chi connectivity index (χ0) is 16.3. The molecule has 1 aromatic heterocycles. The quantitative estimate of drug-likeness (QED) is 0.795. The van der Waals surface area contributed by atoms with Crippen LogP contribution in [0, 0.1) is 6.92 Å². The van der Waals surface area contributed by atoms with Crippen LogP contribution in [0.25, 0.3) is 0 Å². The number of carbonyl (C=O) groups excluding carboxylic acids is 1. The van der Waals surface area contributed by atoms with E-state index in [4.69, 9.17) is 0 Å². The van der Waals surface area contributed by atoms with E-state index >= 15 is 0 Å². The van der Waals surface area contributed by atoms with Crippen molar-refractivity contribution in [1.29, 1.82) is 0 Å². The number of nitrogens with zero attached hydrogens (tertiary/aromatic N) is 2. The molecular formula is C15H16N2O5. The molecule has 0 unspecified atom stereocenters. The number of aromatic nitrogens is 2. The van der Waals surface area contributed by atoms with Gasteiger partial charge in [0.05, 0.1) is 19.3 Å². The van der Waals surface area contributed by atoms with E-state index in [9.17, 15) is 24.6 Å². The van der Waals surface area contributed by atoms with Crippen molar-refractivity contribution in [3.05, 3.63) is 68.5 Å². The van der Waals surface area contributed by atoms with Gasteiger partial charge in [0.1, 0.15) is 0 Å². The fraction of sp³-hybridized carbons (Fsp3) is 0.267. The van der Waals surface area contributed by atoms with E-state index in [-0.39, 0.29) is 11.1 Å². The molecule has 0 saturated carbocycles. The van der Waals surface area contributed by atoms with Crippen LogP contribution < -0.4 is 11.2 Å². The van der Waals surface area contributed by atoms with Gasteiger partial charge in [-0.15, -0.1) is 0 Å². The highest BCUT2D eigenvalue weighted by molar-refractivity contribution is 5.95. The van der Waals surface area contributed by atoms with Crippen LogP contribution in [-0.2, 0) is 0 Å². The summed E-state index contributed by atoms with van der Waals surface area (Å²) in [6.07, 6.45) is 1.23. The van der Waals surface area contributed by atoms with E-state index in [2.05, 4.69) is 0 Å². The molecule has 2 rings (SSSR count). The Kier molecular flexibility index (Phi) is 4.69. The van der Waals surface area contributed by atoms with Crippen molar-refractivity contribution in [3.63, 3.8) is 0 Å². The molecule has 22 heavy (non-hydrogen) atoms. The van der Waals surface area contributed by atoms with E-state index in [0.717, 1.165) is 4.57 Å². The van der Waals surface area contributed by atoms with Crippen molar-refractivity contribution in [2.24, 2.45) is 0 Å². The van der Waals surface area contributed by atoms with E-state index in [1.807, 2.05) is 0 Å². The second kappa shape index (κ2) is 6.50. The van der Waals surface area contributed by atoms with Crippen LogP contribution in [0.2, 0.25) is 0 Å². The Hall–Kier alpha value is -2.51. The summed E-state index contributed by atoms with van der Waals surface area (Å²) in [6, 6.07) is 7.03. The maximum absolute atomic E-state index is 12.4. The lowest BCUT2D eigenvalue weighted by Crippen LogP contribution is -2.46. The lowest BCUT2D eigenvalue weighted by atomic mass is 10.2. The average molecular weight is 304 g/mol. The van der Waals surface area contributed by atoms with Crippen molar-refractivity contribution in [1.82, 2.24) is 9.13 Å². The van der Waals surface area contributed by atoms with Gasteiger partial charge in [0.2, 0.25) is 0 Å². The third kappa shape index (κ3) is 2.76. The second-order valence-corrected chi connectivity index (χ2v) is 4.83. The summed E-state index contributed by atoms with van der Waals surface area (Å²) in [5.41, 5.74) is -1.25. The molecule has 0 bridgehead atoms. The predicted octanol–water partition coefficient (Wildman–Crippen LogP) is -0.467. The molecule has 1 aromatic carbocycles. The number of aryl methyl sites for hydroxylation is 1. The first-order chi connectivity index (χ1) is 10.5. The highest BCUT2D eigenvalue weighted by atomic mass is 16.3. The van der Waals surface area contributed by atoms with Gasteiger partial charge in [-0.2, -0.15) is 4.57 Å². The third-order valence-electron chi connectivity index (χ3n) is 3.32. The van der Waals surface area contributed by atoms with Crippen LogP contribution in [0.3, 0.4) is 0 Å². The van der Waals surface area contributed by atoms with Gasteiger partial charge in [0.15, 0.2) is 0 Å². The molecule has 0 amide bonds. The highest BCUT2D eigenvalue weighted by Gasteiger charge is 2.20. The normalized spacial score (nSPS) is 10.9. The number of hydrogen-bond acceptors (Lipinski definition) is 5. The second-order valence-electron chi connectivity index (χ2n) is 4.83. The largest absolute Gasteiger partial charge is 0.394 e. The van der Waals surface area contributed by atoms with E-state index in [1.165, 1.54) is 25.3 Å². The summed E-state index contributed by atoms with van der Waals surface area (Å²) >= 11 is 0. The Labute approximate surface area is 125 Å². The van der Waals surface area contributed by atoms with Crippen molar-refractivity contribution >= 4 is 5.91 Å². The summed E-state index contributed by atoms with van der Waals surface area (Å²) < 4.78 is 1.51. The summed E-state index contributed by atoms with van der Waals surface area (Å²) in [6.45, 7) is 0.472. The SMILES string of the molecule is Cc1cn(C(CO)CO)c(=O)n(C(=O)c2ccccc2)c1=O. The zero-order valence-corrected chi connectivity index (χ0v) is 12.0. The van der Waals surface area contributed by atoms with Crippen molar-refractivity contribution in [2.75, 3.05) is 13.2 Å². The Balaban J connectivity index is 2.69. The van der Waals surface area contributed by atoms with Gasteiger partial charge in [0.25, 0.3) is 11.5 Å². The summed E-state index contributed by atoms with van der Waals surface area (Å²) in [4.78, 5) is 37.0. The molecular weight excluding hydrogens is 288 g/mol. The molecule has 116 valence electrons. The lowest BCUT2D eigenvalue weighted by Gasteiger charge is -2.17. The number of hydrogen-bond donors (Lipinski definition) is 2. The number of aliphatic hydroxyl groups excluding tert-OH is 2. The number of carbonyl (C=O) groups is 1. The van der Waals surface area contributed by atoms with Gasteiger partial charge in [-0.3, -0.25) is 14.2 Å². The molecule has 1 heterocycles. The maximum Gasteiger partial charge on any atom is 0.338 e. The van der Waals surface area contributed by atoms with Gasteiger partial charge in [0, 0.05) is 17.3 Å². The highest BCUT2D eigenvalue weighted by Crippen LogP contribution is 2.03. The van der Waals surface area contributed by atoms with E-state index in [1.54, 1.807) is 18.2 Å². The Bertz CT molecular complexity index is 788. The minimum absolute atomic E-state index is 0.163. The average Bonchev–Trinajstić information content (AvgIpc) is 2.54. The van der Waals surface area contributed by atoms with E-state index < -0.39 is 36.4 Å². The first-order valence-electron chi connectivity index (χ1n) is 6.67. The fourth-order valence-corrected chi connectivity index (χ4v) is 2.08. The molecule has 2 aromatic rings. The van der Waals surface area contributed by atoms with Crippen LogP contribution in [0.5, 0.6) is 0 Å². The predicted molar refractivity (Wildman–Crippen MR) is 79.1 cm³/mol. The maximum atomic E-state index is 12.4.